The Bertz CT molecular complexity index is 505. The van der Waals surface area contributed by atoms with Gasteiger partial charge in [-0.15, -0.1) is 24.8 Å². The molecule has 5 nitrogen and oxygen atoms in total. The summed E-state index contributed by atoms with van der Waals surface area (Å²) in [7, 11) is 0. The summed E-state index contributed by atoms with van der Waals surface area (Å²) in [5, 5.41) is 7.36. The maximum absolute atomic E-state index is 5.35. The Morgan fingerprint density at radius 1 is 1.21 bits per heavy atom. The summed E-state index contributed by atoms with van der Waals surface area (Å²) in [5.41, 5.74) is 0.939. The summed E-state index contributed by atoms with van der Waals surface area (Å²) in [5.74, 6) is 2.25. The van der Waals surface area contributed by atoms with Crippen molar-refractivity contribution in [3.8, 4) is 11.4 Å². The van der Waals surface area contributed by atoms with E-state index in [1.807, 2.05) is 12.1 Å². The molecule has 0 unspecified atom stereocenters. The summed E-state index contributed by atoms with van der Waals surface area (Å²) in [6, 6.07) is 3.76. The molecule has 0 amide bonds. The van der Waals surface area contributed by atoms with E-state index >= 15 is 0 Å². The Morgan fingerprint density at radius 2 is 1.95 bits per heavy atom. The molecule has 2 aromatic heterocycles. The van der Waals surface area contributed by atoms with E-state index < -0.39 is 0 Å². The van der Waals surface area contributed by atoms with E-state index in [2.05, 4.69) is 27.4 Å². The molecular formula is C12H16Cl2N4O. The Kier molecular flexibility index (Phi) is 5.72. The zero-order valence-electron chi connectivity index (χ0n) is 10.4. The SMILES string of the molecule is C[C@H]1CNC[C@@H]1c1nc(-c2ccncc2)no1.Cl.Cl. The molecule has 1 N–H and O–H groups in total. The molecule has 1 saturated heterocycles. The zero-order valence-corrected chi connectivity index (χ0v) is 12.1. The van der Waals surface area contributed by atoms with Crippen LogP contribution in [0.25, 0.3) is 11.4 Å². The monoisotopic (exact) mass is 302 g/mol. The first-order chi connectivity index (χ1) is 8.34. The summed E-state index contributed by atoms with van der Waals surface area (Å²) in [6.07, 6.45) is 3.45. The van der Waals surface area contributed by atoms with Crippen molar-refractivity contribution < 1.29 is 4.52 Å². The van der Waals surface area contributed by atoms with Gasteiger partial charge in [-0.25, -0.2) is 0 Å². The molecule has 0 bridgehead atoms. The van der Waals surface area contributed by atoms with Crippen LogP contribution in [0.15, 0.2) is 29.0 Å². The van der Waals surface area contributed by atoms with Crippen molar-refractivity contribution in [3.63, 3.8) is 0 Å². The second kappa shape index (κ2) is 6.84. The van der Waals surface area contributed by atoms with Crippen LogP contribution in [-0.2, 0) is 0 Å². The van der Waals surface area contributed by atoms with E-state index in [4.69, 9.17) is 4.52 Å². The Labute approximate surface area is 124 Å². The normalized spacial score (nSPS) is 21.5. The molecule has 0 aliphatic carbocycles. The maximum Gasteiger partial charge on any atom is 0.231 e. The van der Waals surface area contributed by atoms with Gasteiger partial charge in [-0.3, -0.25) is 4.98 Å². The van der Waals surface area contributed by atoms with Gasteiger partial charge in [0, 0.05) is 24.5 Å². The van der Waals surface area contributed by atoms with Gasteiger partial charge in [0.15, 0.2) is 0 Å². The van der Waals surface area contributed by atoms with Crippen molar-refractivity contribution in [2.24, 2.45) is 5.92 Å². The number of halogens is 2. The fraction of sp³-hybridized carbons (Fsp3) is 0.417. The summed E-state index contributed by atoms with van der Waals surface area (Å²) >= 11 is 0. The highest BCUT2D eigenvalue weighted by molar-refractivity contribution is 5.85. The predicted molar refractivity (Wildman–Crippen MR) is 76.8 cm³/mol. The lowest BCUT2D eigenvalue weighted by Gasteiger charge is -2.07. The summed E-state index contributed by atoms with van der Waals surface area (Å²) in [6.45, 7) is 4.12. The smallest absolute Gasteiger partial charge is 0.231 e. The molecule has 2 aromatic rings. The van der Waals surface area contributed by atoms with Gasteiger partial charge in [0.1, 0.15) is 0 Å². The van der Waals surface area contributed by atoms with Crippen molar-refractivity contribution in [2.45, 2.75) is 12.8 Å². The minimum Gasteiger partial charge on any atom is -0.339 e. The molecule has 1 aliphatic rings. The molecule has 0 spiro atoms. The fourth-order valence-electron chi connectivity index (χ4n) is 2.14. The molecule has 0 saturated carbocycles. The minimum absolute atomic E-state index is 0. The maximum atomic E-state index is 5.35. The minimum atomic E-state index is 0. The number of pyridine rings is 1. The van der Waals surface area contributed by atoms with Crippen molar-refractivity contribution in [1.82, 2.24) is 20.4 Å². The fourth-order valence-corrected chi connectivity index (χ4v) is 2.14. The summed E-state index contributed by atoms with van der Waals surface area (Å²) in [4.78, 5) is 8.44. The quantitative estimate of drug-likeness (QED) is 0.922. The van der Waals surface area contributed by atoms with Gasteiger partial charge in [0.2, 0.25) is 11.7 Å². The van der Waals surface area contributed by atoms with Crippen LogP contribution in [0.4, 0.5) is 0 Å². The molecule has 7 heteroatoms. The van der Waals surface area contributed by atoms with Gasteiger partial charge < -0.3 is 9.84 Å². The first-order valence-corrected chi connectivity index (χ1v) is 5.79. The number of nitrogens with one attached hydrogen (secondary N) is 1. The van der Waals surface area contributed by atoms with Gasteiger partial charge in [-0.05, 0) is 24.6 Å². The second-order valence-corrected chi connectivity index (χ2v) is 4.43. The van der Waals surface area contributed by atoms with Crippen LogP contribution in [0.2, 0.25) is 0 Å². The van der Waals surface area contributed by atoms with E-state index in [-0.39, 0.29) is 24.8 Å². The molecule has 19 heavy (non-hydrogen) atoms. The van der Waals surface area contributed by atoms with Gasteiger partial charge in [-0.2, -0.15) is 4.98 Å². The van der Waals surface area contributed by atoms with E-state index in [0.717, 1.165) is 24.5 Å². The second-order valence-electron chi connectivity index (χ2n) is 4.43. The lowest BCUT2D eigenvalue weighted by Crippen LogP contribution is -2.08. The van der Waals surface area contributed by atoms with Crippen molar-refractivity contribution in [3.05, 3.63) is 30.4 Å². The van der Waals surface area contributed by atoms with Gasteiger partial charge >= 0.3 is 0 Å². The summed E-state index contributed by atoms with van der Waals surface area (Å²) < 4.78 is 5.35. The average Bonchev–Trinajstić information content (AvgIpc) is 2.98. The average molecular weight is 303 g/mol. The van der Waals surface area contributed by atoms with E-state index in [1.165, 1.54) is 0 Å². The molecule has 0 aromatic carbocycles. The largest absolute Gasteiger partial charge is 0.339 e. The van der Waals surface area contributed by atoms with Crippen molar-refractivity contribution in [1.29, 1.82) is 0 Å². The van der Waals surface area contributed by atoms with Gasteiger partial charge in [-0.1, -0.05) is 12.1 Å². The molecule has 0 radical (unpaired) electrons. The molecule has 1 fully saturated rings. The Morgan fingerprint density at radius 3 is 2.58 bits per heavy atom. The van der Waals surface area contributed by atoms with Gasteiger partial charge in [0.25, 0.3) is 0 Å². The third kappa shape index (κ3) is 3.23. The first-order valence-electron chi connectivity index (χ1n) is 5.79. The van der Waals surface area contributed by atoms with Crippen LogP contribution in [0.3, 0.4) is 0 Å². The molecule has 3 rings (SSSR count). The van der Waals surface area contributed by atoms with Crippen molar-refractivity contribution >= 4 is 24.8 Å². The van der Waals surface area contributed by atoms with Crippen LogP contribution < -0.4 is 5.32 Å². The van der Waals surface area contributed by atoms with E-state index in [0.29, 0.717) is 17.7 Å². The Balaban J connectivity index is 0.000000902. The molecular weight excluding hydrogens is 287 g/mol. The highest BCUT2D eigenvalue weighted by Gasteiger charge is 2.29. The third-order valence-corrected chi connectivity index (χ3v) is 3.21. The standard InChI is InChI=1S/C12H14N4O.2ClH/c1-8-6-14-7-10(8)12-15-11(16-17-12)9-2-4-13-5-3-9;;/h2-5,8,10,14H,6-7H2,1H3;2*1H/t8-,10-;;/m0../s1. The first kappa shape index (κ1) is 15.9. The number of aromatic nitrogens is 3. The highest BCUT2D eigenvalue weighted by atomic mass is 35.5. The number of rotatable bonds is 2. The van der Waals surface area contributed by atoms with Crippen LogP contribution in [0, 0.1) is 5.92 Å². The number of nitrogens with zero attached hydrogens (tertiary/aromatic N) is 3. The third-order valence-electron chi connectivity index (χ3n) is 3.21. The highest BCUT2D eigenvalue weighted by Crippen LogP contribution is 2.27. The molecule has 3 heterocycles. The molecule has 2 atom stereocenters. The molecule has 1 aliphatic heterocycles. The lowest BCUT2D eigenvalue weighted by molar-refractivity contribution is 0.340. The Hall–Kier alpha value is -1.17. The van der Waals surface area contributed by atoms with Crippen LogP contribution in [0.5, 0.6) is 0 Å². The number of hydrogen-bond acceptors (Lipinski definition) is 5. The lowest BCUT2D eigenvalue weighted by atomic mass is 9.98. The van der Waals surface area contributed by atoms with Crippen molar-refractivity contribution in [2.75, 3.05) is 13.1 Å². The van der Waals surface area contributed by atoms with Gasteiger partial charge in [0.05, 0.1) is 5.92 Å². The van der Waals surface area contributed by atoms with E-state index in [9.17, 15) is 0 Å². The predicted octanol–water partition coefficient (Wildman–Crippen LogP) is 2.30. The van der Waals surface area contributed by atoms with Crippen LogP contribution in [0.1, 0.15) is 18.7 Å². The number of hydrogen-bond donors (Lipinski definition) is 1. The van der Waals surface area contributed by atoms with E-state index in [1.54, 1.807) is 12.4 Å². The van der Waals surface area contributed by atoms with Crippen LogP contribution >= 0.6 is 24.8 Å². The topological polar surface area (TPSA) is 63.8 Å². The zero-order chi connectivity index (χ0) is 11.7. The van der Waals surface area contributed by atoms with Crippen LogP contribution in [-0.4, -0.2) is 28.2 Å². The molecule has 104 valence electrons.